The van der Waals surface area contributed by atoms with Gasteiger partial charge in [0.05, 0.1) is 18.6 Å². The first-order valence-corrected chi connectivity index (χ1v) is 10.1. The number of carbonyl (C=O) groups is 1. The number of nitrogens with one attached hydrogen (secondary N) is 1. The van der Waals surface area contributed by atoms with Crippen LogP contribution < -0.4 is 10.1 Å². The third kappa shape index (κ3) is 3.52. The Kier molecular flexibility index (Phi) is 5.02. The summed E-state index contributed by atoms with van der Waals surface area (Å²) in [7, 11) is 3.88. The Morgan fingerprint density at radius 3 is 2.96 bits per heavy atom. The van der Waals surface area contributed by atoms with Crippen molar-refractivity contribution in [2.24, 2.45) is 0 Å². The summed E-state index contributed by atoms with van der Waals surface area (Å²) in [5, 5.41) is 4.25. The molecule has 27 heavy (non-hydrogen) atoms. The standard InChI is InChI=1S/C20H23FN3O2P/c1-23(14-7-8-22-11-14)15-4-6-20-24(12-15)19(25)10-18(27-20)13-3-5-17(26-2)16(21)9-13/h3-6,9-10,12,14,20,22,27H,7-8,11H2,1-2H3/t14-,20?/m1/s1. The summed E-state index contributed by atoms with van der Waals surface area (Å²) in [5.74, 6) is -0.281. The number of rotatable bonds is 4. The Labute approximate surface area is 160 Å². The number of benzene rings is 1. The number of halogens is 1. The maximum absolute atomic E-state index is 14.0. The number of carbonyl (C=O) groups excluding carboxylic acids is 1. The molecule has 7 heteroatoms. The SMILES string of the molecule is COc1ccc(C2=CC(=O)N3C=C(N(C)[C@@H]4CCNC4)C=CC3P2)cc1F. The van der Waals surface area contributed by atoms with Gasteiger partial charge >= 0.3 is 0 Å². The fraction of sp³-hybridized carbons (Fsp3) is 0.350. The van der Waals surface area contributed by atoms with Gasteiger partial charge in [0.2, 0.25) is 0 Å². The maximum Gasteiger partial charge on any atom is 0.252 e. The fourth-order valence-corrected chi connectivity index (χ4v) is 5.04. The Hall–Kier alpha value is -2.17. The lowest BCUT2D eigenvalue weighted by Gasteiger charge is -2.37. The van der Waals surface area contributed by atoms with E-state index in [4.69, 9.17) is 4.74 Å². The molecule has 1 aromatic carbocycles. The van der Waals surface area contributed by atoms with E-state index in [1.807, 2.05) is 6.20 Å². The minimum atomic E-state index is -0.413. The number of methoxy groups -OCH3 is 1. The van der Waals surface area contributed by atoms with Crippen LogP contribution in [0.25, 0.3) is 5.31 Å². The molecule has 3 aliphatic heterocycles. The molecule has 3 aliphatic rings. The number of allylic oxidation sites excluding steroid dienone is 1. The average molecular weight is 387 g/mol. The van der Waals surface area contributed by atoms with Crippen molar-refractivity contribution >= 4 is 19.8 Å². The summed E-state index contributed by atoms with van der Waals surface area (Å²) in [5.41, 5.74) is 1.78. The first-order chi connectivity index (χ1) is 13.1. The van der Waals surface area contributed by atoms with E-state index in [-0.39, 0.29) is 17.4 Å². The Balaban J connectivity index is 1.56. The van der Waals surface area contributed by atoms with E-state index in [1.54, 1.807) is 23.1 Å². The highest BCUT2D eigenvalue weighted by Gasteiger charge is 2.30. The number of hydrogen-bond acceptors (Lipinski definition) is 4. The molecule has 5 nitrogen and oxygen atoms in total. The molecule has 0 bridgehead atoms. The van der Waals surface area contributed by atoms with Gasteiger partial charge in [-0.05, 0) is 42.1 Å². The largest absolute Gasteiger partial charge is 0.494 e. The normalized spacial score (nSPS) is 25.3. The van der Waals surface area contributed by atoms with Crippen LogP contribution in [0.4, 0.5) is 4.39 Å². The highest BCUT2D eigenvalue weighted by molar-refractivity contribution is 7.51. The third-order valence-corrected chi connectivity index (χ3v) is 6.81. The van der Waals surface area contributed by atoms with Crippen LogP contribution in [0.1, 0.15) is 12.0 Å². The van der Waals surface area contributed by atoms with Gasteiger partial charge in [0.1, 0.15) is 0 Å². The van der Waals surface area contributed by atoms with E-state index < -0.39 is 5.82 Å². The molecule has 1 fully saturated rings. The highest BCUT2D eigenvalue weighted by Crippen LogP contribution is 2.45. The number of fused-ring (bicyclic) bond motifs is 1. The first-order valence-electron chi connectivity index (χ1n) is 9.05. The van der Waals surface area contributed by atoms with Crippen LogP contribution >= 0.6 is 8.58 Å². The molecule has 2 unspecified atom stereocenters. The number of ether oxygens (including phenoxy) is 1. The second kappa shape index (κ2) is 7.45. The van der Waals surface area contributed by atoms with E-state index in [0.717, 1.165) is 36.1 Å². The number of amides is 1. The van der Waals surface area contributed by atoms with Gasteiger partial charge in [-0.25, -0.2) is 4.39 Å². The predicted octanol–water partition coefficient (Wildman–Crippen LogP) is 2.73. The van der Waals surface area contributed by atoms with Gasteiger partial charge < -0.3 is 19.9 Å². The molecule has 0 spiro atoms. The van der Waals surface area contributed by atoms with E-state index in [0.29, 0.717) is 14.6 Å². The van der Waals surface area contributed by atoms with E-state index in [2.05, 4.69) is 29.4 Å². The smallest absolute Gasteiger partial charge is 0.252 e. The van der Waals surface area contributed by atoms with Crippen molar-refractivity contribution in [2.75, 3.05) is 27.2 Å². The monoisotopic (exact) mass is 387 g/mol. The van der Waals surface area contributed by atoms with Crippen molar-refractivity contribution in [2.45, 2.75) is 18.2 Å². The van der Waals surface area contributed by atoms with Crippen LogP contribution in [-0.4, -0.2) is 54.8 Å². The summed E-state index contributed by atoms with van der Waals surface area (Å²) in [6.45, 7) is 2.00. The quantitative estimate of drug-likeness (QED) is 0.807. The molecule has 1 saturated heterocycles. The van der Waals surface area contributed by atoms with Gasteiger partial charge in [0, 0.05) is 31.9 Å². The van der Waals surface area contributed by atoms with Crippen LogP contribution in [-0.2, 0) is 4.79 Å². The molecule has 4 rings (SSSR count). The van der Waals surface area contributed by atoms with Gasteiger partial charge in [0.15, 0.2) is 11.6 Å². The topological polar surface area (TPSA) is 44.8 Å². The summed E-state index contributed by atoms with van der Waals surface area (Å²) < 4.78 is 19.0. The fourth-order valence-electron chi connectivity index (χ4n) is 3.66. The minimum Gasteiger partial charge on any atom is -0.494 e. The number of hydrogen-bond donors (Lipinski definition) is 1. The van der Waals surface area contributed by atoms with Crippen molar-refractivity contribution in [1.29, 1.82) is 0 Å². The van der Waals surface area contributed by atoms with Gasteiger partial charge in [-0.1, -0.05) is 20.7 Å². The van der Waals surface area contributed by atoms with Gasteiger partial charge in [0.25, 0.3) is 5.91 Å². The molecular formula is C20H23FN3O2P. The molecule has 0 saturated carbocycles. The number of nitrogens with zero attached hydrogens (tertiary/aromatic N) is 2. The lowest BCUT2D eigenvalue weighted by Crippen LogP contribution is -2.39. The van der Waals surface area contributed by atoms with Gasteiger partial charge in [-0.2, -0.15) is 0 Å². The molecule has 1 N–H and O–H groups in total. The van der Waals surface area contributed by atoms with Gasteiger partial charge in [-0.3, -0.25) is 4.79 Å². The Morgan fingerprint density at radius 2 is 2.26 bits per heavy atom. The zero-order valence-electron chi connectivity index (χ0n) is 15.4. The molecule has 0 radical (unpaired) electrons. The molecule has 0 aromatic heterocycles. The van der Waals surface area contributed by atoms with Crippen LogP contribution in [0.15, 0.2) is 48.3 Å². The number of likely N-dealkylation sites (N-methyl/N-ethyl adjacent to an activating group) is 1. The van der Waals surface area contributed by atoms with E-state index in [9.17, 15) is 9.18 Å². The predicted molar refractivity (Wildman–Crippen MR) is 106 cm³/mol. The molecule has 0 aliphatic carbocycles. The summed E-state index contributed by atoms with van der Waals surface area (Å²) >= 11 is 0. The lowest BCUT2D eigenvalue weighted by molar-refractivity contribution is -0.123. The average Bonchev–Trinajstić information content (AvgIpc) is 3.22. The molecule has 3 heterocycles. The molecule has 1 aromatic rings. The third-order valence-electron chi connectivity index (χ3n) is 5.30. The highest BCUT2D eigenvalue weighted by atomic mass is 31.1. The molecular weight excluding hydrogens is 364 g/mol. The molecule has 142 valence electrons. The summed E-state index contributed by atoms with van der Waals surface area (Å²) in [4.78, 5) is 16.8. The minimum absolute atomic E-state index is 0.0125. The lowest BCUT2D eigenvalue weighted by atomic mass is 10.1. The van der Waals surface area contributed by atoms with Crippen LogP contribution in [0.3, 0.4) is 0 Å². The Morgan fingerprint density at radius 1 is 1.41 bits per heavy atom. The van der Waals surface area contributed by atoms with Crippen molar-refractivity contribution < 1.29 is 13.9 Å². The second-order valence-electron chi connectivity index (χ2n) is 6.91. The van der Waals surface area contributed by atoms with Crippen molar-refractivity contribution in [3.8, 4) is 5.75 Å². The van der Waals surface area contributed by atoms with Crippen LogP contribution in [0, 0.1) is 5.82 Å². The van der Waals surface area contributed by atoms with Crippen LogP contribution in [0.5, 0.6) is 5.75 Å². The zero-order valence-corrected chi connectivity index (χ0v) is 16.4. The summed E-state index contributed by atoms with van der Waals surface area (Å²) in [6.07, 6.45) is 8.85. The zero-order chi connectivity index (χ0) is 19.0. The molecule has 3 atom stereocenters. The van der Waals surface area contributed by atoms with E-state index >= 15 is 0 Å². The summed E-state index contributed by atoms with van der Waals surface area (Å²) in [6, 6.07) is 5.30. The molecule has 1 amide bonds. The van der Waals surface area contributed by atoms with E-state index in [1.165, 1.54) is 13.2 Å². The Bertz CT molecular complexity index is 846. The van der Waals surface area contributed by atoms with Gasteiger partial charge in [-0.15, -0.1) is 0 Å². The van der Waals surface area contributed by atoms with Crippen molar-refractivity contribution in [3.05, 3.63) is 59.7 Å². The van der Waals surface area contributed by atoms with Crippen molar-refractivity contribution in [1.82, 2.24) is 15.1 Å². The van der Waals surface area contributed by atoms with Crippen LogP contribution in [0.2, 0.25) is 0 Å². The second-order valence-corrected chi connectivity index (χ2v) is 8.33. The first kappa shape index (κ1) is 18.2. The van der Waals surface area contributed by atoms with Crippen molar-refractivity contribution in [3.63, 3.8) is 0 Å². The maximum atomic E-state index is 14.0.